The third kappa shape index (κ3) is 30.4. The first kappa shape index (κ1) is 34.4. The Morgan fingerprint density at radius 2 is 0.750 bits per heavy atom. The summed E-state index contributed by atoms with van der Waals surface area (Å²) in [4.78, 5) is 20.1. The molecule has 0 aromatic carbocycles. The van der Waals surface area contributed by atoms with Gasteiger partial charge in [0.2, 0.25) is 0 Å². The van der Waals surface area contributed by atoms with Gasteiger partial charge >= 0.3 is 0 Å². The first-order chi connectivity index (χ1) is 17.8. The molecule has 5 heteroatoms. The minimum absolute atomic E-state index is 0.102. The van der Waals surface area contributed by atoms with Crippen LogP contribution in [0.1, 0.15) is 141 Å². The van der Waals surface area contributed by atoms with Gasteiger partial charge in [0.05, 0.1) is 19.3 Å². The smallest absolute Gasteiger partial charge is 0.293 e. The van der Waals surface area contributed by atoms with Gasteiger partial charge in [-0.15, -0.1) is 0 Å². The Morgan fingerprint density at radius 1 is 0.444 bits per heavy atom. The zero-order chi connectivity index (χ0) is 26.2. The van der Waals surface area contributed by atoms with Gasteiger partial charge in [-0.3, -0.25) is 9.59 Å². The van der Waals surface area contributed by atoms with Gasteiger partial charge in [-0.05, 0) is 77.0 Å². The molecule has 0 radical (unpaired) electrons. The highest BCUT2D eigenvalue weighted by Gasteiger charge is 2.03. The Labute approximate surface area is 222 Å². The van der Waals surface area contributed by atoms with Crippen LogP contribution in [0.4, 0.5) is 0 Å². The summed E-state index contributed by atoms with van der Waals surface area (Å²) in [5.74, 6) is 0. The fraction of sp³-hybridized carbons (Fsp3) is 0.806. The summed E-state index contributed by atoms with van der Waals surface area (Å²) in [7, 11) is 0. The molecule has 0 bridgehead atoms. The molecule has 5 nitrogen and oxygen atoms in total. The van der Waals surface area contributed by atoms with E-state index in [9.17, 15) is 14.7 Å². The molecule has 0 saturated carbocycles. The van der Waals surface area contributed by atoms with Crippen LogP contribution in [-0.4, -0.2) is 37.4 Å². The van der Waals surface area contributed by atoms with E-state index in [-0.39, 0.29) is 6.10 Å². The molecule has 0 saturated heterocycles. The Bertz CT molecular complexity index is 459. The second kappa shape index (κ2) is 31.4. The van der Waals surface area contributed by atoms with Gasteiger partial charge in [0.25, 0.3) is 12.9 Å². The molecule has 0 aliphatic carbocycles. The van der Waals surface area contributed by atoms with E-state index >= 15 is 0 Å². The first-order valence-corrected chi connectivity index (χ1v) is 14.9. The highest BCUT2D eigenvalue weighted by molar-refractivity contribution is 5.36. The molecule has 1 N–H and O–H groups in total. The number of carbonyl (C=O) groups is 2. The summed E-state index contributed by atoms with van der Waals surface area (Å²) < 4.78 is 9.35. The van der Waals surface area contributed by atoms with Crippen LogP contribution < -0.4 is 0 Å². The van der Waals surface area contributed by atoms with Crippen LogP contribution in [0.15, 0.2) is 24.3 Å². The van der Waals surface area contributed by atoms with E-state index in [0.29, 0.717) is 26.2 Å². The molecule has 0 unspecified atom stereocenters. The highest BCUT2D eigenvalue weighted by atomic mass is 16.5. The van der Waals surface area contributed by atoms with E-state index < -0.39 is 0 Å². The molecule has 0 aliphatic heterocycles. The summed E-state index contributed by atoms with van der Waals surface area (Å²) >= 11 is 0. The number of aliphatic hydroxyl groups is 1. The number of ether oxygens (including phenoxy) is 2. The third-order valence-electron chi connectivity index (χ3n) is 6.55. The zero-order valence-electron chi connectivity index (χ0n) is 23.1. The standard InChI is InChI=1S/C31H56O5/c32-29-35-27-23-19-15-11-7-3-1-5-9-13-17-21-25-31(34)26-22-18-14-10-6-2-4-8-12-16-20-24-28-36-30-33/h7-8,11-12,29-31,34H,1-6,9-10,13-28H2/b11-7-,12-8-. The fourth-order valence-corrected chi connectivity index (χ4v) is 4.31. The Morgan fingerprint density at radius 3 is 1.11 bits per heavy atom. The molecule has 0 aromatic heterocycles. The minimum Gasteiger partial charge on any atom is -0.468 e. The maximum absolute atomic E-state index is 10.2. The molecular weight excluding hydrogens is 452 g/mol. The van der Waals surface area contributed by atoms with E-state index in [2.05, 4.69) is 33.8 Å². The van der Waals surface area contributed by atoms with E-state index in [0.717, 1.165) is 64.2 Å². The molecular formula is C31H56O5. The highest BCUT2D eigenvalue weighted by Crippen LogP contribution is 2.15. The summed E-state index contributed by atoms with van der Waals surface area (Å²) in [6.45, 7) is 2.12. The summed E-state index contributed by atoms with van der Waals surface area (Å²) in [6, 6.07) is 0. The summed E-state index contributed by atoms with van der Waals surface area (Å²) in [6.07, 6.45) is 34.6. The minimum atomic E-state index is -0.102. The van der Waals surface area contributed by atoms with Crippen LogP contribution in [-0.2, 0) is 19.1 Å². The Balaban J connectivity index is 3.23. The number of unbranched alkanes of at least 4 members (excludes halogenated alkanes) is 16. The predicted octanol–water partition coefficient (Wildman–Crippen LogP) is 8.39. The topological polar surface area (TPSA) is 72.8 Å². The molecule has 0 fully saturated rings. The number of rotatable bonds is 30. The second-order valence-electron chi connectivity index (χ2n) is 9.92. The van der Waals surface area contributed by atoms with Crippen molar-refractivity contribution in [2.24, 2.45) is 0 Å². The molecule has 0 rings (SSSR count). The molecule has 0 atom stereocenters. The van der Waals surface area contributed by atoms with E-state index in [1.54, 1.807) is 0 Å². The largest absolute Gasteiger partial charge is 0.468 e. The van der Waals surface area contributed by atoms with Crippen molar-refractivity contribution in [1.82, 2.24) is 0 Å². The van der Waals surface area contributed by atoms with Crippen molar-refractivity contribution in [3.8, 4) is 0 Å². The Kier molecular flexibility index (Phi) is 30.0. The zero-order valence-corrected chi connectivity index (χ0v) is 23.1. The van der Waals surface area contributed by atoms with E-state index in [1.807, 2.05) is 0 Å². The third-order valence-corrected chi connectivity index (χ3v) is 6.55. The maximum atomic E-state index is 10.2. The fourth-order valence-electron chi connectivity index (χ4n) is 4.31. The molecule has 0 heterocycles. The normalized spacial score (nSPS) is 11.6. The van der Waals surface area contributed by atoms with Gasteiger partial charge in [0.15, 0.2) is 0 Å². The van der Waals surface area contributed by atoms with Crippen molar-refractivity contribution in [2.75, 3.05) is 13.2 Å². The quantitative estimate of drug-likeness (QED) is 0.0599. The lowest BCUT2D eigenvalue weighted by Gasteiger charge is -2.10. The van der Waals surface area contributed by atoms with Crippen molar-refractivity contribution in [3.63, 3.8) is 0 Å². The molecule has 0 aliphatic rings. The molecule has 36 heavy (non-hydrogen) atoms. The predicted molar refractivity (Wildman–Crippen MR) is 150 cm³/mol. The lowest BCUT2D eigenvalue weighted by Crippen LogP contribution is -2.05. The van der Waals surface area contributed by atoms with Crippen molar-refractivity contribution in [1.29, 1.82) is 0 Å². The van der Waals surface area contributed by atoms with Gasteiger partial charge < -0.3 is 14.6 Å². The van der Waals surface area contributed by atoms with Gasteiger partial charge in [0, 0.05) is 0 Å². The van der Waals surface area contributed by atoms with Crippen molar-refractivity contribution >= 4 is 12.9 Å². The van der Waals surface area contributed by atoms with Gasteiger partial charge in [-0.1, -0.05) is 88.5 Å². The van der Waals surface area contributed by atoms with Gasteiger partial charge in [-0.25, -0.2) is 0 Å². The first-order valence-electron chi connectivity index (χ1n) is 14.9. The van der Waals surface area contributed by atoms with Crippen LogP contribution in [0, 0.1) is 0 Å². The lowest BCUT2D eigenvalue weighted by atomic mass is 10.0. The molecule has 0 aromatic rings. The number of hydrogen-bond acceptors (Lipinski definition) is 5. The lowest BCUT2D eigenvalue weighted by molar-refractivity contribution is -0.129. The Hall–Kier alpha value is -1.62. The number of allylic oxidation sites excluding steroid dienone is 4. The molecule has 0 spiro atoms. The van der Waals surface area contributed by atoms with Crippen molar-refractivity contribution in [2.45, 2.75) is 147 Å². The molecule has 0 amide bonds. The van der Waals surface area contributed by atoms with Gasteiger partial charge in [0.1, 0.15) is 0 Å². The van der Waals surface area contributed by atoms with Crippen molar-refractivity contribution in [3.05, 3.63) is 24.3 Å². The maximum Gasteiger partial charge on any atom is 0.293 e. The molecule has 210 valence electrons. The van der Waals surface area contributed by atoms with Crippen LogP contribution in [0.3, 0.4) is 0 Å². The van der Waals surface area contributed by atoms with Crippen molar-refractivity contribution < 1.29 is 24.2 Å². The average molecular weight is 509 g/mol. The number of hydrogen-bond donors (Lipinski definition) is 1. The van der Waals surface area contributed by atoms with Crippen LogP contribution >= 0.6 is 0 Å². The van der Waals surface area contributed by atoms with E-state index in [4.69, 9.17) is 0 Å². The van der Waals surface area contributed by atoms with Crippen LogP contribution in [0.5, 0.6) is 0 Å². The van der Waals surface area contributed by atoms with E-state index in [1.165, 1.54) is 77.0 Å². The van der Waals surface area contributed by atoms with Crippen LogP contribution in [0.2, 0.25) is 0 Å². The SMILES string of the molecule is O=COCCCC/C=C\CCCCCCCCC(O)CCCCCCCC/C=C\CCCCOC=O. The average Bonchev–Trinajstić information content (AvgIpc) is 2.88. The monoisotopic (exact) mass is 508 g/mol. The summed E-state index contributed by atoms with van der Waals surface area (Å²) in [5, 5.41) is 10.2. The number of carbonyl (C=O) groups excluding carboxylic acids is 2. The summed E-state index contributed by atoms with van der Waals surface area (Å²) in [5.41, 5.74) is 0. The van der Waals surface area contributed by atoms with Gasteiger partial charge in [-0.2, -0.15) is 0 Å². The van der Waals surface area contributed by atoms with Crippen LogP contribution in [0.25, 0.3) is 0 Å². The number of aliphatic hydroxyl groups excluding tert-OH is 1. The second-order valence-corrected chi connectivity index (χ2v) is 9.92.